The summed E-state index contributed by atoms with van der Waals surface area (Å²) in [5, 5.41) is 10.7. The highest BCUT2D eigenvalue weighted by molar-refractivity contribution is 9.10. The molecule has 1 atom stereocenters. The minimum Gasteiger partial charge on any atom is -0.494 e. The fraction of sp³-hybridized carbons (Fsp3) is 0.278. The number of nitrogens with zero attached hydrogens (tertiary/aromatic N) is 2. The summed E-state index contributed by atoms with van der Waals surface area (Å²) in [5.41, 5.74) is 3.15. The minimum atomic E-state index is -0.411. The second-order valence-corrected chi connectivity index (χ2v) is 7.34. The predicted molar refractivity (Wildman–Crippen MR) is 107 cm³/mol. The fourth-order valence-corrected chi connectivity index (χ4v) is 3.58. The summed E-state index contributed by atoms with van der Waals surface area (Å²) in [6.45, 7) is 5.82. The van der Waals surface area contributed by atoms with Crippen molar-refractivity contribution in [2.45, 2.75) is 33.2 Å². The Morgan fingerprint density at radius 1 is 1.48 bits per heavy atom. The number of H-pyrrole nitrogens is 1. The van der Waals surface area contributed by atoms with E-state index in [1.54, 1.807) is 10.6 Å². The topological polar surface area (TPSA) is 70.4 Å². The first kappa shape index (κ1) is 17.8. The molecule has 0 amide bonds. The van der Waals surface area contributed by atoms with Gasteiger partial charge in [-0.3, -0.25) is 19.3 Å². The SMILES string of the molecule is CC[C@@H](C)n1c(O)c(/C=C2/C(C)=Nc3ccc(Br)cc32)c(=O)[nH]c1=S. The van der Waals surface area contributed by atoms with E-state index in [-0.39, 0.29) is 22.3 Å². The molecule has 2 aromatic rings. The lowest BCUT2D eigenvalue weighted by Gasteiger charge is -2.17. The molecule has 0 spiro atoms. The molecule has 0 fully saturated rings. The minimum absolute atomic E-state index is 0.0266. The van der Waals surface area contributed by atoms with Gasteiger partial charge in [0, 0.05) is 27.4 Å². The van der Waals surface area contributed by atoms with Crippen LogP contribution >= 0.6 is 28.1 Å². The Balaban J connectivity index is 2.25. The van der Waals surface area contributed by atoms with Crippen molar-refractivity contribution >= 4 is 51.2 Å². The van der Waals surface area contributed by atoms with Gasteiger partial charge < -0.3 is 5.11 Å². The van der Waals surface area contributed by atoms with Crippen LogP contribution in [0.5, 0.6) is 5.88 Å². The van der Waals surface area contributed by atoms with Crippen LogP contribution in [0.4, 0.5) is 5.69 Å². The zero-order chi connectivity index (χ0) is 18.3. The van der Waals surface area contributed by atoms with Crippen LogP contribution in [0.3, 0.4) is 0 Å². The number of hydrogen-bond acceptors (Lipinski definition) is 4. The maximum Gasteiger partial charge on any atom is 0.262 e. The highest BCUT2D eigenvalue weighted by Gasteiger charge is 2.21. The molecule has 0 bridgehead atoms. The fourth-order valence-electron chi connectivity index (χ4n) is 2.86. The molecule has 0 radical (unpaired) electrons. The number of aromatic nitrogens is 2. The number of allylic oxidation sites excluding steroid dienone is 1. The number of aliphatic imine (C=N–C) groups is 1. The Hall–Kier alpha value is -1.99. The van der Waals surface area contributed by atoms with Crippen molar-refractivity contribution in [1.29, 1.82) is 0 Å². The molecule has 1 aromatic heterocycles. The molecule has 2 heterocycles. The number of aromatic amines is 1. The van der Waals surface area contributed by atoms with Gasteiger partial charge in [-0.15, -0.1) is 0 Å². The Morgan fingerprint density at radius 2 is 2.20 bits per heavy atom. The lowest BCUT2D eigenvalue weighted by atomic mass is 10.0. The monoisotopic (exact) mass is 419 g/mol. The highest BCUT2D eigenvalue weighted by atomic mass is 79.9. The van der Waals surface area contributed by atoms with Crippen molar-refractivity contribution in [3.05, 3.63) is 48.9 Å². The van der Waals surface area contributed by atoms with E-state index in [0.717, 1.165) is 33.4 Å². The number of fused-ring (bicyclic) bond motifs is 1. The smallest absolute Gasteiger partial charge is 0.262 e. The maximum atomic E-state index is 12.4. The number of hydrogen-bond donors (Lipinski definition) is 2. The van der Waals surface area contributed by atoms with Crippen LogP contribution in [0.15, 0.2) is 32.5 Å². The zero-order valence-electron chi connectivity index (χ0n) is 14.1. The molecule has 1 aliphatic heterocycles. The van der Waals surface area contributed by atoms with Crippen molar-refractivity contribution in [3.8, 4) is 5.88 Å². The molecule has 1 aliphatic rings. The summed E-state index contributed by atoms with van der Waals surface area (Å²) < 4.78 is 2.72. The van der Waals surface area contributed by atoms with Crippen molar-refractivity contribution in [3.63, 3.8) is 0 Å². The maximum absolute atomic E-state index is 12.4. The van der Waals surface area contributed by atoms with Gasteiger partial charge in [-0.2, -0.15) is 0 Å². The third-order valence-corrected chi connectivity index (χ3v) is 5.19. The van der Waals surface area contributed by atoms with Gasteiger partial charge in [0.15, 0.2) is 4.77 Å². The molecular formula is C18H18BrN3O2S. The molecule has 0 saturated carbocycles. The van der Waals surface area contributed by atoms with E-state index in [2.05, 4.69) is 25.9 Å². The Labute approximate surface area is 158 Å². The van der Waals surface area contributed by atoms with Gasteiger partial charge in [0.1, 0.15) is 5.56 Å². The standard InChI is InChI=1S/C18H18BrN3O2S/c1-4-9(2)22-17(24)14(16(23)21-18(22)25)8-12-10(3)20-15-6-5-11(19)7-13(12)15/h5-9,24H,4H2,1-3H3,(H,21,23,25)/b12-8-/t9-/m1/s1. The van der Waals surface area contributed by atoms with Crippen LogP contribution in [-0.4, -0.2) is 20.4 Å². The average Bonchev–Trinajstić information content (AvgIpc) is 2.85. The normalized spacial score (nSPS) is 16.0. The quantitative estimate of drug-likeness (QED) is 0.688. The molecular weight excluding hydrogens is 402 g/mol. The third-order valence-electron chi connectivity index (χ3n) is 4.40. The third kappa shape index (κ3) is 3.14. The van der Waals surface area contributed by atoms with Crippen LogP contribution in [0.2, 0.25) is 0 Å². The van der Waals surface area contributed by atoms with Gasteiger partial charge in [-0.1, -0.05) is 22.9 Å². The van der Waals surface area contributed by atoms with Crippen LogP contribution in [0, 0.1) is 4.77 Å². The van der Waals surface area contributed by atoms with Gasteiger partial charge >= 0.3 is 0 Å². The van der Waals surface area contributed by atoms with E-state index >= 15 is 0 Å². The van der Waals surface area contributed by atoms with E-state index in [1.165, 1.54) is 0 Å². The lowest BCUT2D eigenvalue weighted by molar-refractivity contribution is 0.371. The van der Waals surface area contributed by atoms with Crippen LogP contribution in [0.25, 0.3) is 11.6 Å². The van der Waals surface area contributed by atoms with E-state index in [0.29, 0.717) is 0 Å². The summed E-state index contributed by atoms with van der Waals surface area (Å²) in [7, 11) is 0. The number of nitrogens with one attached hydrogen (secondary N) is 1. The summed E-state index contributed by atoms with van der Waals surface area (Å²) >= 11 is 8.67. The molecule has 7 heteroatoms. The summed E-state index contributed by atoms with van der Waals surface area (Å²) in [4.78, 5) is 19.6. The highest BCUT2D eigenvalue weighted by Crippen LogP contribution is 2.38. The first-order valence-corrected chi connectivity index (χ1v) is 9.18. The van der Waals surface area contributed by atoms with Crippen LogP contribution < -0.4 is 5.56 Å². The lowest BCUT2D eigenvalue weighted by Crippen LogP contribution is -2.19. The second-order valence-electron chi connectivity index (χ2n) is 6.04. The van der Waals surface area contributed by atoms with E-state index < -0.39 is 5.56 Å². The summed E-state index contributed by atoms with van der Waals surface area (Å²) in [6.07, 6.45) is 2.46. The Morgan fingerprint density at radius 3 is 2.88 bits per heavy atom. The molecule has 3 rings (SSSR count). The number of aromatic hydroxyl groups is 1. The van der Waals surface area contributed by atoms with Gasteiger partial charge in [0.2, 0.25) is 5.88 Å². The number of halogens is 1. The zero-order valence-corrected chi connectivity index (χ0v) is 16.5. The molecule has 1 aromatic carbocycles. The van der Waals surface area contributed by atoms with E-state index in [1.807, 2.05) is 39.0 Å². The van der Waals surface area contributed by atoms with Crippen molar-refractivity contribution in [1.82, 2.24) is 9.55 Å². The van der Waals surface area contributed by atoms with Gasteiger partial charge in [0.05, 0.1) is 5.69 Å². The Kier molecular flexibility index (Phi) is 4.79. The van der Waals surface area contributed by atoms with Gasteiger partial charge in [-0.25, -0.2) is 0 Å². The molecule has 0 aliphatic carbocycles. The van der Waals surface area contributed by atoms with Gasteiger partial charge in [0.25, 0.3) is 5.56 Å². The second kappa shape index (κ2) is 6.72. The summed E-state index contributed by atoms with van der Waals surface area (Å²) in [6, 6.07) is 5.77. The molecule has 25 heavy (non-hydrogen) atoms. The molecule has 0 saturated heterocycles. The number of benzene rings is 1. The Bertz CT molecular complexity index is 1030. The van der Waals surface area contributed by atoms with E-state index in [4.69, 9.17) is 12.2 Å². The van der Waals surface area contributed by atoms with Crippen molar-refractivity contribution in [2.75, 3.05) is 0 Å². The molecule has 2 N–H and O–H groups in total. The first-order chi connectivity index (χ1) is 11.8. The van der Waals surface area contributed by atoms with Crippen molar-refractivity contribution in [2.24, 2.45) is 4.99 Å². The largest absolute Gasteiger partial charge is 0.494 e. The van der Waals surface area contributed by atoms with E-state index in [9.17, 15) is 9.90 Å². The average molecular weight is 420 g/mol. The van der Waals surface area contributed by atoms with Crippen LogP contribution in [-0.2, 0) is 0 Å². The van der Waals surface area contributed by atoms with Gasteiger partial charge in [-0.05, 0) is 56.8 Å². The number of rotatable bonds is 3. The molecule has 130 valence electrons. The molecule has 5 nitrogen and oxygen atoms in total. The molecule has 0 unspecified atom stereocenters. The van der Waals surface area contributed by atoms with Crippen LogP contribution in [0.1, 0.15) is 44.4 Å². The first-order valence-electron chi connectivity index (χ1n) is 7.98. The predicted octanol–water partition coefficient (Wildman–Crippen LogP) is 4.99. The summed E-state index contributed by atoms with van der Waals surface area (Å²) in [5.74, 6) is -0.119. The van der Waals surface area contributed by atoms with Crippen molar-refractivity contribution < 1.29 is 5.11 Å².